The van der Waals surface area contributed by atoms with Gasteiger partial charge in [0, 0.05) is 0 Å². The summed E-state index contributed by atoms with van der Waals surface area (Å²) in [6.07, 6.45) is -0.704. The summed E-state index contributed by atoms with van der Waals surface area (Å²) in [6, 6.07) is 0. The molecule has 12 heavy (non-hydrogen) atoms. The Morgan fingerprint density at radius 2 is 1.17 bits per heavy atom. The zero-order valence-corrected chi connectivity index (χ0v) is 8.46. The third-order valence-electron chi connectivity index (χ3n) is 0.999. The molecular weight excluding hydrogens is 156 g/mol. The predicted molar refractivity (Wildman–Crippen MR) is 50.7 cm³/mol. The summed E-state index contributed by atoms with van der Waals surface area (Å²) >= 11 is 0. The molecule has 0 bridgehead atoms. The zero-order chi connectivity index (χ0) is 9.98. The van der Waals surface area contributed by atoms with Crippen LogP contribution in [0.5, 0.6) is 0 Å². The highest BCUT2D eigenvalue weighted by atomic mass is 16.3. The molecule has 2 unspecified atom stereocenters. The molecule has 0 heterocycles. The van der Waals surface area contributed by atoms with Gasteiger partial charge in [0.15, 0.2) is 0 Å². The van der Waals surface area contributed by atoms with Crippen molar-refractivity contribution in [3.63, 3.8) is 0 Å². The molecule has 4 nitrogen and oxygen atoms in total. The van der Waals surface area contributed by atoms with Gasteiger partial charge in [-0.25, -0.2) is 0 Å². The standard InChI is InChI=1S/2C4H11NO/c2*1-3-5-4(2)6/h2*4-6H,3H2,1-2H3. The Labute approximate surface area is 75.0 Å². The van der Waals surface area contributed by atoms with Crippen molar-refractivity contribution in [2.24, 2.45) is 0 Å². The second-order valence-corrected chi connectivity index (χ2v) is 2.47. The Morgan fingerprint density at radius 1 is 0.917 bits per heavy atom. The van der Waals surface area contributed by atoms with Gasteiger partial charge in [0.1, 0.15) is 12.5 Å². The summed E-state index contributed by atoms with van der Waals surface area (Å²) in [5, 5.41) is 22.4. The van der Waals surface area contributed by atoms with Crippen LogP contribution in [-0.2, 0) is 0 Å². The molecule has 0 aliphatic rings. The fourth-order valence-electron chi connectivity index (χ4n) is 0.591. The fourth-order valence-corrected chi connectivity index (χ4v) is 0.591. The van der Waals surface area contributed by atoms with E-state index in [9.17, 15) is 0 Å². The molecule has 4 heteroatoms. The van der Waals surface area contributed by atoms with Crippen LogP contribution in [-0.4, -0.2) is 35.8 Å². The van der Waals surface area contributed by atoms with E-state index in [1.54, 1.807) is 13.8 Å². The van der Waals surface area contributed by atoms with E-state index in [2.05, 4.69) is 10.6 Å². The van der Waals surface area contributed by atoms with Crippen molar-refractivity contribution in [2.45, 2.75) is 40.2 Å². The van der Waals surface area contributed by atoms with Crippen LogP contribution in [0.15, 0.2) is 0 Å². The lowest BCUT2D eigenvalue weighted by molar-refractivity contribution is 0.159. The van der Waals surface area contributed by atoms with Crippen LogP contribution in [0.4, 0.5) is 0 Å². The molecule has 0 aliphatic carbocycles. The molecule has 2 atom stereocenters. The summed E-state index contributed by atoms with van der Waals surface area (Å²) in [6.45, 7) is 8.96. The van der Waals surface area contributed by atoms with Crippen molar-refractivity contribution in [1.29, 1.82) is 0 Å². The first kappa shape index (κ1) is 14.4. The highest BCUT2D eigenvalue weighted by molar-refractivity contribution is 4.36. The number of hydrogen-bond donors (Lipinski definition) is 4. The lowest BCUT2D eigenvalue weighted by Gasteiger charge is -2.00. The molecule has 0 aromatic rings. The van der Waals surface area contributed by atoms with E-state index in [1.165, 1.54) is 0 Å². The van der Waals surface area contributed by atoms with Crippen molar-refractivity contribution in [3.8, 4) is 0 Å². The summed E-state index contributed by atoms with van der Waals surface area (Å²) in [7, 11) is 0. The topological polar surface area (TPSA) is 64.5 Å². The molecule has 0 radical (unpaired) electrons. The van der Waals surface area contributed by atoms with Gasteiger partial charge >= 0.3 is 0 Å². The highest BCUT2D eigenvalue weighted by Gasteiger charge is 1.84. The van der Waals surface area contributed by atoms with Gasteiger partial charge in [-0.05, 0) is 26.9 Å². The van der Waals surface area contributed by atoms with E-state index in [-0.39, 0.29) is 12.5 Å². The Morgan fingerprint density at radius 3 is 1.17 bits per heavy atom. The van der Waals surface area contributed by atoms with Gasteiger partial charge in [-0.15, -0.1) is 0 Å². The van der Waals surface area contributed by atoms with E-state index in [4.69, 9.17) is 10.2 Å². The fraction of sp³-hybridized carbons (Fsp3) is 1.00. The maximum absolute atomic E-state index is 8.44. The highest BCUT2D eigenvalue weighted by Crippen LogP contribution is 1.65. The molecule has 0 saturated carbocycles. The minimum atomic E-state index is -0.352. The molecule has 0 rings (SSSR count). The molecule has 76 valence electrons. The van der Waals surface area contributed by atoms with Gasteiger partial charge in [-0.2, -0.15) is 0 Å². The minimum Gasteiger partial charge on any atom is -0.379 e. The normalized spacial score (nSPS) is 14.5. The number of rotatable bonds is 4. The number of hydrogen-bond acceptors (Lipinski definition) is 4. The summed E-state index contributed by atoms with van der Waals surface area (Å²) < 4.78 is 0. The van der Waals surface area contributed by atoms with Crippen molar-refractivity contribution in [1.82, 2.24) is 10.6 Å². The predicted octanol–water partition coefficient (Wildman–Crippen LogP) is -0.132. The van der Waals surface area contributed by atoms with Crippen LogP contribution >= 0.6 is 0 Å². The van der Waals surface area contributed by atoms with Gasteiger partial charge < -0.3 is 10.2 Å². The van der Waals surface area contributed by atoms with Crippen LogP contribution in [0.3, 0.4) is 0 Å². The Bertz CT molecular complexity index is 67.5. The SMILES string of the molecule is CCNC(C)O.CCNC(C)O. The van der Waals surface area contributed by atoms with Crippen LogP contribution in [0.25, 0.3) is 0 Å². The third kappa shape index (κ3) is 22.5. The van der Waals surface area contributed by atoms with Gasteiger partial charge in [0.2, 0.25) is 0 Å². The van der Waals surface area contributed by atoms with E-state index in [1.807, 2.05) is 13.8 Å². The molecular formula is C8H22N2O2. The number of nitrogens with one attached hydrogen (secondary N) is 2. The average Bonchev–Trinajstić information content (AvgIpc) is 1.87. The van der Waals surface area contributed by atoms with E-state index in [0.717, 1.165) is 13.1 Å². The molecule has 0 fully saturated rings. The molecule has 0 saturated heterocycles. The van der Waals surface area contributed by atoms with Crippen molar-refractivity contribution in [2.75, 3.05) is 13.1 Å². The molecule has 0 aromatic carbocycles. The molecule has 4 N–H and O–H groups in total. The van der Waals surface area contributed by atoms with Crippen LogP contribution in [0, 0.1) is 0 Å². The summed E-state index contributed by atoms with van der Waals surface area (Å²) in [5.74, 6) is 0. The Balaban J connectivity index is 0. The lowest BCUT2D eigenvalue weighted by Crippen LogP contribution is -2.24. The second-order valence-electron chi connectivity index (χ2n) is 2.47. The largest absolute Gasteiger partial charge is 0.379 e. The van der Waals surface area contributed by atoms with Gasteiger partial charge in [0.25, 0.3) is 0 Å². The monoisotopic (exact) mass is 178 g/mol. The third-order valence-corrected chi connectivity index (χ3v) is 0.999. The maximum atomic E-state index is 8.44. The first-order valence-corrected chi connectivity index (χ1v) is 4.37. The van der Waals surface area contributed by atoms with Gasteiger partial charge in [-0.1, -0.05) is 13.8 Å². The molecule has 0 spiro atoms. The Kier molecular flexibility index (Phi) is 13.0. The summed E-state index contributed by atoms with van der Waals surface area (Å²) in [4.78, 5) is 0. The molecule has 0 amide bonds. The van der Waals surface area contributed by atoms with E-state index in [0.29, 0.717) is 0 Å². The zero-order valence-electron chi connectivity index (χ0n) is 8.46. The van der Waals surface area contributed by atoms with Gasteiger partial charge in [-0.3, -0.25) is 10.6 Å². The smallest absolute Gasteiger partial charge is 0.102 e. The number of aliphatic hydroxyl groups excluding tert-OH is 2. The Hall–Kier alpha value is -0.160. The van der Waals surface area contributed by atoms with Crippen molar-refractivity contribution in [3.05, 3.63) is 0 Å². The molecule has 0 aromatic heterocycles. The van der Waals surface area contributed by atoms with Crippen molar-refractivity contribution < 1.29 is 10.2 Å². The van der Waals surface area contributed by atoms with Gasteiger partial charge in [0.05, 0.1) is 0 Å². The van der Waals surface area contributed by atoms with Crippen molar-refractivity contribution >= 4 is 0 Å². The van der Waals surface area contributed by atoms with Crippen LogP contribution in [0.1, 0.15) is 27.7 Å². The quantitative estimate of drug-likeness (QED) is 0.453. The van der Waals surface area contributed by atoms with E-state index >= 15 is 0 Å². The average molecular weight is 178 g/mol. The maximum Gasteiger partial charge on any atom is 0.102 e. The summed E-state index contributed by atoms with van der Waals surface area (Å²) in [5.41, 5.74) is 0. The van der Waals surface area contributed by atoms with Crippen LogP contribution < -0.4 is 10.6 Å². The number of aliphatic hydroxyl groups is 2. The first-order valence-electron chi connectivity index (χ1n) is 4.37. The molecule has 0 aliphatic heterocycles. The minimum absolute atomic E-state index is 0.352. The lowest BCUT2D eigenvalue weighted by atomic mass is 10.6. The van der Waals surface area contributed by atoms with Crippen LogP contribution in [0.2, 0.25) is 0 Å². The first-order chi connectivity index (χ1) is 5.54. The van der Waals surface area contributed by atoms with E-state index < -0.39 is 0 Å². The second kappa shape index (κ2) is 10.8.